The van der Waals surface area contributed by atoms with Gasteiger partial charge in [0.2, 0.25) is 0 Å². The maximum atomic E-state index is 13.8. The molecule has 4 aliphatic carbocycles. The first-order valence-corrected chi connectivity index (χ1v) is 11.0. The lowest BCUT2D eigenvalue weighted by molar-refractivity contribution is 0.0772. The zero-order valence-electron chi connectivity index (χ0n) is 15.4. The molecule has 4 fully saturated rings. The number of hydrogen-bond donors (Lipinski definition) is 0. The molecule has 3 heteroatoms. The van der Waals surface area contributed by atoms with Gasteiger partial charge in [-0.25, -0.2) is 4.79 Å². The minimum atomic E-state index is 0.451. The van der Waals surface area contributed by atoms with Crippen LogP contribution in [0.2, 0.25) is 0 Å². The van der Waals surface area contributed by atoms with Crippen LogP contribution in [0.25, 0.3) is 0 Å². The van der Waals surface area contributed by atoms with E-state index in [-0.39, 0.29) is 0 Å². The fourth-order valence-corrected chi connectivity index (χ4v) is 6.08. The number of carbonyl (C=O) groups is 1. The number of urea groups is 1. The number of hydrogen-bond acceptors (Lipinski definition) is 1. The molecular weight excluding hydrogens is 296 g/mol. The molecule has 0 N–H and O–H groups in total. The molecule has 0 aromatic rings. The molecule has 0 heterocycles. The summed E-state index contributed by atoms with van der Waals surface area (Å²) in [6, 6.07) is 2.64. The van der Waals surface area contributed by atoms with Crippen LogP contribution in [0.4, 0.5) is 4.79 Å². The second-order valence-corrected chi connectivity index (χ2v) is 8.85. The zero-order chi connectivity index (χ0) is 16.4. The molecule has 4 saturated carbocycles. The Morgan fingerprint density at radius 3 is 0.875 bits per heavy atom. The summed E-state index contributed by atoms with van der Waals surface area (Å²) >= 11 is 0. The lowest BCUT2D eigenvalue weighted by Crippen LogP contribution is -2.56. The van der Waals surface area contributed by atoms with Gasteiger partial charge in [-0.1, -0.05) is 51.4 Å². The zero-order valence-corrected chi connectivity index (χ0v) is 15.4. The Labute approximate surface area is 148 Å². The van der Waals surface area contributed by atoms with Crippen LogP contribution < -0.4 is 0 Å². The Hall–Kier alpha value is -0.730. The molecule has 0 atom stereocenters. The topological polar surface area (TPSA) is 23.6 Å². The Morgan fingerprint density at radius 1 is 0.458 bits per heavy atom. The number of rotatable bonds is 4. The predicted octanol–water partition coefficient (Wildman–Crippen LogP) is 5.48. The van der Waals surface area contributed by atoms with E-state index in [2.05, 4.69) is 9.80 Å². The first-order chi connectivity index (χ1) is 11.8. The highest BCUT2D eigenvalue weighted by Gasteiger charge is 2.41. The van der Waals surface area contributed by atoms with Gasteiger partial charge in [0.15, 0.2) is 0 Å². The van der Waals surface area contributed by atoms with Gasteiger partial charge in [-0.05, 0) is 51.4 Å². The van der Waals surface area contributed by atoms with Crippen LogP contribution in [0.1, 0.15) is 103 Å². The molecule has 24 heavy (non-hydrogen) atoms. The average molecular weight is 333 g/mol. The summed E-state index contributed by atoms with van der Waals surface area (Å²) in [5.41, 5.74) is 0. The fourth-order valence-electron chi connectivity index (χ4n) is 6.08. The van der Waals surface area contributed by atoms with E-state index in [9.17, 15) is 4.79 Å². The minimum Gasteiger partial charge on any atom is -0.319 e. The molecule has 0 radical (unpaired) electrons. The van der Waals surface area contributed by atoms with E-state index in [1.165, 1.54) is 103 Å². The van der Waals surface area contributed by atoms with Gasteiger partial charge in [0.1, 0.15) is 0 Å². The van der Waals surface area contributed by atoms with Crippen molar-refractivity contribution in [1.82, 2.24) is 9.80 Å². The predicted molar refractivity (Wildman–Crippen MR) is 98.1 cm³/mol. The Bertz CT molecular complexity index is 344. The second-order valence-electron chi connectivity index (χ2n) is 8.85. The third kappa shape index (κ3) is 3.32. The van der Waals surface area contributed by atoms with Crippen LogP contribution in [-0.2, 0) is 0 Å². The summed E-state index contributed by atoms with van der Waals surface area (Å²) in [5, 5.41) is 0. The van der Waals surface area contributed by atoms with Gasteiger partial charge < -0.3 is 9.80 Å². The van der Waals surface area contributed by atoms with Gasteiger partial charge in [0.05, 0.1) is 0 Å². The van der Waals surface area contributed by atoms with Crippen molar-refractivity contribution in [3.63, 3.8) is 0 Å². The van der Waals surface area contributed by atoms with Crippen molar-refractivity contribution in [3.8, 4) is 0 Å². The molecule has 136 valence electrons. The fraction of sp³-hybridized carbons (Fsp3) is 0.952. The van der Waals surface area contributed by atoms with Crippen molar-refractivity contribution in [3.05, 3.63) is 0 Å². The van der Waals surface area contributed by atoms with Crippen LogP contribution in [0.3, 0.4) is 0 Å². The summed E-state index contributed by atoms with van der Waals surface area (Å²) in [7, 11) is 0. The summed E-state index contributed by atoms with van der Waals surface area (Å²) in [6.45, 7) is 0. The summed E-state index contributed by atoms with van der Waals surface area (Å²) in [6.07, 6.45) is 20.7. The molecule has 0 saturated heterocycles. The van der Waals surface area contributed by atoms with Crippen LogP contribution in [0.5, 0.6) is 0 Å². The van der Waals surface area contributed by atoms with Gasteiger partial charge in [-0.2, -0.15) is 0 Å². The van der Waals surface area contributed by atoms with Crippen LogP contribution in [-0.4, -0.2) is 40.0 Å². The van der Waals surface area contributed by atoms with Crippen molar-refractivity contribution in [2.45, 2.75) is 127 Å². The summed E-state index contributed by atoms with van der Waals surface area (Å²) < 4.78 is 0. The van der Waals surface area contributed by atoms with Gasteiger partial charge in [-0.3, -0.25) is 0 Å². The lowest BCUT2D eigenvalue weighted by atomic mass is 10.1. The van der Waals surface area contributed by atoms with Gasteiger partial charge >= 0.3 is 6.03 Å². The average Bonchev–Trinajstić information content (AvgIpc) is 3.38. The van der Waals surface area contributed by atoms with E-state index in [0.29, 0.717) is 30.2 Å². The summed E-state index contributed by atoms with van der Waals surface area (Å²) in [4.78, 5) is 18.7. The van der Waals surface area contributed by atoms with E-state index < -0.39 is 0 Å². The molecule has 0 unspecified atom stereocenters. The van der Waals surface area contributed by atoms with Crippen molar-refractivity contribution in [2.75, 3.05) is 0 Å². The van der Waals surface area contributed by atoms with E-state index >= 15 is 0 Å². The normalized spacial score (nSPS) is 27.3. The molecule has 0 bridgehead atoms. The smallest absolute Gasteiger partial charge is 0.319 e. The maximum absolute atomic E-state index is 13.8. The van der Waals surface area contributed by atoms with E-state index in [1.54, 1.807) is 0 Å². The van der Waals surface area contributed by atoms with Gasteiger partial charge in [0, 0.05) is 24.2 Å². The third-order valence-electron chi connectivity index (χ3n) is 7.31. The Kier molecular flexibility index (Phi) is 5.34. The largest absolute Gasteiger partial charge is 0.321 e. The van der Waals surface area contributed by atoms with E-state index in [1.807, 2.05) is 0 Å². The van der Waals surface area contributed by atoms with Crippen molar-refractivity contribution in [1.29, 1.82) is 0 Å². The summed E-state index contributed by atoms with van der Waals surface area (Å²) in [5.74, 6) is 0. The molecule has 0 spiro atoms. The molecule has 2 amide bonds. The first-order valence-electron chi connectivity index (χ1n) is 11.0. The molecule has 0 aromatic carbocycles. The van der Waals surface area contributed by atoms with Crippen molar-refractivity contribution >= 4 is 6.03 Å². The lowest BCUT2D eigenvalue weighted by Gasteiger charge is -2.43. The van der Waals surface area contributed by atoms with Crippen LogP contribution >= 0.6 is 0 Å². The van der Waals surface area contributed by atoms with Crippen LogP contribution in [0, 0.1) is 0 Å². The van der Waals surface area contributed by atoms with Crippen molar-refractivity contribution < 1.29 is 4.79 Å². The second kappa shape index (κ2) is 7.66. The number of nitrogens with zero attached hydrogens (tertiary/aromatic N) is 2. The van der Waals surface area contributed by atoms with E-state index in [4.69, 9.17) is 0 Å². The minimum absolute atomic E-state index is 0.451. The SMILES string of the molecule is O=C(N(C1CCCC1)C1CCCC1)N(C1CCCC1)C1CCCC1. The maximum Gasteiger partial charge on any atom is 0.321 e. The highest BCUT2D eigenvalue weighted by molar-refractivity contribution is 5.76. The Balaban J connectivity index is 1.56. The first kappa shape index (κ1) is 16.7. The Morgan fingerprint density at radius 2 is 0.667 bits per heavy atom. The highest BCUT2D eigenvalue weighted by atomic mass is 16.2. The number of amides is 2. The molecular formula is C21H36N2O. The van der Waals surface area contributed by atoms with Gasteiger partial charge in [-0.15, -0.1) is 0 Å². The number of carbonyl (C=O) groups excluding carboxylic acids is 1. The van der Waals surface area contributed by atoms with Gasteiger partial charge in [0.25, 0.3) is 0 Å². The highest BCUT2D eigenvalue weighted by Crippen LogP contribution is 2.37. The molecule has 0 aliphatic heterocycles. The molecule has 4 aliphatic rings. The van der Waals surface area contributed by atoms with Crippen LogP contribution in [0.15, 0.2) is 0 Å². The third-order valence-corrected chi connectivity index (χ3v) is 7.31. The molecule has 3 nitrogen and oxygen atoms in total. The standard InChI is InChI=1S/C21H36N2O/c24-21(22(17-9-1-2-10-17)18-11-3-4-12-18)23(19-13-5-6-14-19)20-15-7-8-16-20/h17-20H,1-16H2. The van der Waals surface area contributed by atoms with Crippen molar-refractivity contribution in [2.24, 2.45) is 0 Å². The molecule has 0 aromatic heterocycles. The van der Waals surface area contributed by atoms with E-state index in [0.717, 1.165) is 0 Å². The monoisotopic (exact) mass is 332 g/mol. The molecule has 4 rings (SSSR count). The quantitative estimate of drug-likeness (QED) is 0.668.